The predicted molar refractivity (Wildman–Crippen MR) is 123 cm³/mol. The fourth-order valence-corrected chi connectivity index (χ4v) is 4.40. The summed E-state index contributed by atoms with van der Waals surface area (Å²) < 4.78 is 5.90. The van der Waals surface area contributed by atoms with E-state index in [2.05, 4.69) is 57.3 Å². The summed E-state index contributed by atoms with van der Waals surface area (Å²) in [6.45, 7) is 10.5. The van der Waals surface area contributed by atoms with Crippen LogP contribution in [0.3, 0.4) is 0 Å². The molecule has 0 spiro atoms. The van der Waals surface area contributed by atoms with E-state index in [-0.39, 0.29) is 11.9 Å². The van der Waals surface area contributed by atoms with Crippen molar-refractivity contribution in [2.45, 2.75) is 46.5 Å². The maximum Gasteiger partial charge on any atom is 0.330 e. The first kappa shape index (κ1) is 21.1. The van der Waals surface area contributed by atoms with Gasteiger partial charge in [-0.2, -0.15) is 0 Å². The van der Waals surface area contributed by atoms with E-state index in [0.29, 0.717) is 11.7 Å². The summed E-state index contributed by atoms with van der Waals surface area (Å²) in [4.78, 5) is 11.6. The summed E-state index contributed by atoms with van der Waals surface area (Å²) in [7, 11) is 1.38. The summed E-state index contributed by atoms with van der Waals surface area (Å²) in [5, 5.41) is 14.2. The third-order valence-corrected chi connectivity index (χ3v) is 6.27. The number of aromatic hydroxyl groups is 1. The molecule has 1 N–H and O–H groups in total. The minimum Gasteiger partial charge on any atom is -0.507 e. The van der Waals surface area contributed by atoms with Gasteiger partial charge in [0.2, 0.25) is 0 Å². The lowest BCUT2D eigenvalue weighted by atomic mass is 9.89. The second-order valence-corrected chi connectivity index (χ2v) is 8.94. The summed E-state index contributed by atoms with van der Waals surface area (Å²) in [5.41, 5.74) is 5.91. The summed E-state index contributed by atoms with van der Waals surface area (Å²) in [5.74, 6) is 0.601. The molecule has 0 atom stereocenters. The van der Waals surface area contributed by atoms with Crippen molar-refractivity contribution >= 4 is 33.0 Å². The third kappa shape index (κ3) is 4.23. The van der Waals surface area contributed by atoms with Gasteiger partial charge in [-0.15, -0.1) is 11.3 Å². The number of hydrogen-bond donors (Lipinski definition) is 1. The highest BCUT2D eigenvalue weighted by molar-refractivity contribution is 7.17. The molecule has 3 aromatic rings. The van der Waals surface area contributed by atoms with Gasteiger partial charge in [-0.3, -0.25) is 0 Å². The average Bonchev–Trinajstić information content (AvgIpc) is 3.10. The maximum atomic E-state index is 11.6. The number of phenolic OH excluding ortho intramolecular Hbond substituents is 1. The van der Waals surface area contributed by atoms with Crippen LogP contribution in [0.5, 0.6) is 5.75 Å². The van der Waals surface area contributed by atoms with Gasteiger partial charge in [0.1, 0.15) is 5.75 Å². The van der Waals surface area contributed by atoms with Crippen LogP contribution in [0.4, 0.5) is 0 Å². The zero-order valence-electron chi connectivity index (χ0n) is 17.9. The molecule has 152 valence electrons. The second-order valence-electron chi connectivity index (χ2n) is 8.03. The number of ether oxygens (including phenoxy) is 1. The van der Waals surface area contributed by atoms with Crippen molar-refractivity contribution in [3.63, 3.8) is 0 Å². The molecule has 0 aliphatic heterocycles. The van der Waals surface area contributed by atoms with Crippen LogP contribution in [-0.4, -0.2) is 18.2 Å². The van der Waals surface area contributed by atoms with Gasteiger partial charge >= 0.3 is 5.97 Å². The number of thiophene rings is 1. The van der Waals surface area contributed by atoms with Gasteiger partial charge in [0.15, 0.2) is 0 Å². The van der Waals surface area contributed by atoms with Crippen LogP contribution in [0.25, 0.3) is 26.8 Å². The van der Waals surface area contributed by atoms with Gasteiger partial charge in [-0.05, 0) is 64.6 Å². The van der Waals surface area contributed by atoms with E-state index in [9.17, 15) is 9.90 Å². The monoisotopic (exact) mass is 408 g/mol. The topological polar surface area (TPSA) is 46.5 Å². The molecular weight excluding hydrogens is 380 g/mol. The number of esters is 1. The van der Waals surface area contributed by atoms with Gasteiger partial charge in [0, 0.05) is 27.3 Å². The molecule has 0 saturated carbocycles. The molecule has 0 radical (unpaired) electrons. The van der Waals surface area contributed by atoms with E-state index < -0.39 is 0 Å². The Morgan fingerprint density at radius 2 is 1.79 bits per heavy atom. The fourth-order valence-electron chi connectivity index (χ4n) is 3.46. The van der Waals surface area contributed by atoms with Crippen LogP contribution in [0.15, 0.2) is 41.8 Å². The average molecular weight is 409 g/mol. The van der Waals surface area contributed by atoms with Gasteiger partial charge in [0.25, 0.3) is 0 Å². The van der Waals surface area contributed by atoms with Crippen molar-refractivity contribution in [3.8, 4) is 16.9 Å². The first-order valence-electron chi connectivity index (χ1n) is 9.88. The van der Waals surface area contributed by atoms with Crippen molar-refractivity contribution < 1.29 is 14.6 Å². The highest BCUT2D eigenvalue weighted by Crippen LogP contribution is 2.43. The molecule has 3 nitrogen and oxygen atoms in total. The van der Waals surface area contributed by atoms with E-state index in [1.165, 1.54) is 18.7 Å². The quantitative estimate of drug-likeness (QED) is 0.362. The van der Waals surface area contributed by atoms with Gasteiger partial charge in [-0.25, -0.2) is 4.79 Å². The van der Waals surface area contributed by atoms with E-state index >= 15 is 0 Å². The second kappa shape index (κ2) is 8.42. The Hall–Kier alpha value is -2.59. The molecule has 0 amide bonds. The molecule has 29 heavy (non-hydrogen) atoms. The van der Waals surface area contributed by atoms with Crippen LogP contribution >= 0.6 is 11.3 Å². The highest BCUT2D eigenvalue weighted by atomic mass is 32.1. The highest BCUT2D eigenvalue weighted by Gasteiger charge is 2.18. The lowest BCUT2D eigenvalue weighted by Crippen LogP contribution is -1.96. The van der Waals surface area contributed by atoms with Gasteiger partial charge in [-0.1, -0.05) is 39.8 Å². The molecule has 3 rings (SSSR count). The molecule has 4 heteroatoms. The van der Waals surface area contributed by atoms with Crippen molar-refractivity contribution in [1.29, 1.82) is 0 Å². The Bertz CT molecular complexity index is 1090. The Labute approximate surface area is 176 Å². The van der Waals surface area contributed by atoms with Crippen LogP contribution in [-0.2, 0) is 9.53 Å². The predicted octanol–water partition coefficient (Wildman–Crippen LogP) is 7.10. The fraction of sp³-hybridized carbons (Fsp3) is 0.320. The largest absolute Gasteiger partial charge is 0.507 e. The molecule has 0 unspecified atom stereocenters. The Kier molecular flexibility index (Phi) is 6.13. The lowest BCUT2D eigenvalue weighted by Gasteiger charge is -2.17. The Balaban J connectivity index is 2.22. The van der Waals surface area contributed by atoms with Crippen molar-refractivity contribution in [1.82, 2.24) is 0 Å². The normalized spacial score (nSPS) is 12.2. The number of fused-ring (bicyclic) bond motifs is 1. The van der Waals surface area contributed by atoms with E-state index in [4.69, 9.17) is 4.74 Å². The Morgan fingerprint density at radius 1 is 1.07 bits per heavy atom. The first-order chi connectivity index (χ1) is 13.7. The smallest absolute Gasteiger partial charge is 0.330 e. The van der Waals surface area contributed by atoms with Crippen LogP contribution in [0, 0.1) is 0 Å². The number of rotatable bonds is 5. The zero-order chi connectivity index (χ0) is 21.3. The van der Waals surface area contributed by atoms with Crippen LogP contribution < -0.4 is 0 Å². The molecule has 0 aliphatic rings. The number of methoxy groups -OCH3 is 1. The summed E-state index contributed by atoms with van der Waals surface area (Å²) >= 11 is 1.66. The summed E-state index contributed by atoms with van der Waals surface area (Å²) in [6, 6.07) is 10.4. The van der Waals surface area contributed by atoms with Crippen LogP contribution in [0.1, 0.15) is 63.1 Å². The molecule has 0 aliphatic carbocycles. The third-order valence-electron chi connectivity index (χ3n) is 5.30. The zero-order valence-corrected chi connectivity index (χ0v) is 18.7. The minimum atomic E-state index is -0.364. The van der Waals surface area contributed by atoms with Gasteiger partial charge in [0.05, 0.1) is 7.11 Å². The number of carbonyl (C=O) groups excluding carboxylic acids is 1. The number of benzene rings is 2. The SMILES string of the molecule is COC(=O)/C=C(\C)c1ccc2scc(-c3cc(C(C)C)cc(C(C)C)c3O)c2c1. The number of carbonyl (C=O) groups is 1. The lowest BCUT2D eigenvalue weighted by molar-refractivity contribution is -0.134. The Morgan fingerprint density at radius 3 is 2.41 bits per heavy atom. The minimum absolute atomic E-state index is 0.234. The number of hydrogen-bond acceptors (Lipinski definition) is 4. The van der Waals surface area contributed by atoms with Gasteiger partial charge < -0.3 is 9.84 Å². The van der Waals surface area contributed by atoms with E-state index in [0.717, 1.165) is 37.9 Å². The summed E-state index contributed by atoms with van der Waals surface area (Å²) in [6.07, 6.45) is 1.50. The van der Waals surface area contributed by atoms with E-state index in [1.54, 1.807) is 11.3 Å². The first-order valence-corrected chi connectivity index (χ1v) is 10.8. The standard InChI is InChI=1S/C25H28O3S/c1-14(2)18-11-19(15(3)4)25(27)21(12-18)22-13-29-23-8-7-17(10-20(22)23)16(5)9-24(26)28-6/h7-15,27H,1-6H3/b16-9+. The molecule has 1 aromatic heterocycles. The molecule has 0 fully saturated rings. The van der Waals surface area contributed by atoms with Crippen molar-refractivity contribution in [2.24, 2.45) is 0 Å². The molecule has 2 aromatic carbocycles. The van der Waals surface area contributed by atoms with Crippen molar-refractivity contribution in [2.75, 3.05) is 7.11 Å². The molecule has 0 bridgehead atoms. The molecule has 0 saturated heterocycles. The number of allylic oxidation sites excluding steroid dienone is 1. The number of phenols is 1. The van der Waals surface area contributed by atoms with Crippen molar-refractivity contribution in [3.05, 3.63) is 58.5 Å². The maximum absolute atomic E-state index is 11.6. The molecular formula is C25H28O3S. The molecule has 1 heterocycles. The van der Waals surface area contributed by atoms with E-state index in [1.807, 2.05) is 13.0 Å². The van der Waals surface area contributed by atoms with Crippen LogP contribution in [0.2, 0.25) is 0 Å².